The number of hydroxylamine groups is 2. The van der Waals surface area contributed by atoms with E-state index in [0.717, 1.165) is 19.3 Å². The highest BCUT2D eigenvalue weighted by Gasteiger charge is 2.39. The van der Waals surface area contributed by atoms with E-state index >= 15 is 0 Å². The molecule has 0 aliphatic carbocycles. The molecule has 29 heavy (non-hydrogen) atoms. The molecule has 0 saturated carbocycles. The maximum atomic E-state index is 12.6. The number of imide groups is 1. The van der Waals surface area contributed by atoms with Crippen molar-refractivity contribution >= 4 is 34.6 Å². The standard InChI is InChI=1S/C21H18F3NO3S/c1-3-6-13(2)7-4-8-14-11-12-17-18-15(14)9-5-10-16(18)19(26)25(20(17)27)28-29-21(22,23)24/h5,9-13H,3,6-7H2,1-2H3. The van der Waals surface area contributed by atoms with Crippen molar-refractivity contribution in [3.8, 4) is 11.8 Å². The molecule has 8 heteroatoms. The Bertz CT molecular complexity index is 1000. The molecule has 3 rings (SSSR count). The lowest BCUT2D eigenvalue weighted by Gasteiger charge is -2.25. The van der Waals surface area contributed by atoms with E-state index in [1.54, 1.807) is 18.2 Å². The minimum Gasteiger partial charge on any atom is -0.266 e. The van der Waals surface area contributed by atoms with Crippen LogP contribution in [0.2, 0.25) is 0 Å². The van der Waals surface area contributed by atoms with Crippen molar-refractivity contribution in [3.63, 3.8) is 0 Å². The van der Waals surface area contributed by atoms with Gasteiger partial charge in [0.2, 0.25) is 0 Å². The Labute approximate surface area is 170 Å². The molecule has 1 heterocycles. The lowest BCUT2D eigenvalue weighted by molar-refractivity contribution is -0.0570. The molecule has 1 aliphatic heterocycles. The highest BCUT2D eigenvalue weighted by atomic mass is 32.2. The molecule has 0 fully saturated rings. The third-order valence-corrected chi connectivity index (χ3v) is 4.94. The van der Waals surface area contributed by atoms with E-state index < -0.39 is 29.4 Å². The number of benzene rings is 2. The summed E-state index contributed by atoms with van der Waals surface area (Å²) in [6, 6.07) is 7.91. The summed E-state index contributed by atoms with van der Waals surface area (Å²) in [4.78, 5) is 25.2. The van der Waals surface area contributed by atoms with Crippen molar-refractivity contribution < 1.29 is 27.0 Å². The third-order valence-electron chi connectivity index (χ3n) is 4.53. The minimum atomic E-state index is -4.75. The number of rotatable bonds is 5. The third kappa shape index (κ3) is 4.57. The fourth-order valence-electron chi connectivity index (χ4n) is 3.25. The Kier molecular flexibility index (Phi) is 6.20. The first-order valence-electron chi connectivity index (χ1n) is 9.08. The first-order valence-corrected chi connectivity index (χ1v) is 9.83. The van der Waals surface area contributed by atoms with Gasteiger partial charge in [-0.1, -0.05) is 50.7 Å². The van der Waals surface area contributed by atoms with Gasteiger partial charge in [0, 0.05) is 17.4 Å². The number of nitrogens with zero attached hydrogens (tertiary/aromatic N) is 1. The fraction of sp³-hybridized carbons (Fsp3) is 0.333. The normalized spacial score (nSPS) is 14.7. The highest BCUT2D eigenvalue weighted by molar-refractivity contribution is 7.95. The molecular weight excluding hydrogens is 403 g/mol. The van der Waals surface area contributed by atoms with Gasteiger partial charge in [0.15, 0.2) is 0 Å². The van der Waals surface area contributed by atoms with Crippen LogP contribution in [-0.2, 0) is 4.28 Å². The molecule has 2 amide bonds. The maximum Gasteiger partial charge on any atom is 0.470 e. The predicted molar refractivity (Wildman–Crippen MR) is 105 cm³/mol. The van der Waals surface area contributed by atoms with E-state index in [2.05, 4.69) is 30.0 Å². The molecule has 1 aliphatic rings. The van der Waals surface area contributed by atoms with Gasteiger partial charge < -0.3 is 0 Å². The van der Waals surface area contributed by atoms with Crippen LogP contribution in [0.3, 0.4) is 0 Å². The number of halogens is 3. The molecule has 2 aromatic rings. The van der Waals surface area contributed by atoms with Crippen LogP contribution in [0.25, 0.3) is 10.8 Å². The molecule has 0 saturated heterocycles. The van der Waals surface area contributed by atoms with Gasteiger partial charge in [-0.2, -0.15) is 17.5 Å². The van der Waals surface area contributed by atoms with Crippen LogP contribution in [0.4, 0.5) is 13.2 Å². The summed E-state index contributed by atoms with van der Waals surface area (Å²) in [7, 11) is 0. The van der Waals surface area contributed by atoms with Crippen LogP contribution in [0.1, 0.15) is 59.4 Å². The van der Waals surface area contributed by atoms with Gasteiger partial charge in [-0.25, -0.2) is 0 Å². The zero-order valence-corrected chi connectivity index (χ0v) is 16.6. The second kappa shape index (κ2) is 8.47. The molecule has 1 atom stereocenters. The van der Waals surface area contributed by atoms with Gasteiger partial charge in [0.1, 0.15) is 12.0 Å². The smallest absolute Gasteiger partial charge is 0.266 e. The number of carbonyl (C=O) groups is 2. The molecule has 152 valence electrons. The van der Waals surface area contributed by atoms with E-state index in [4.69, 9.17) is 0 Å². The number of amides is 2. The molecule has 0 spiro atoms. The summed E-state index contributed by atoms with van der Waals surface area (Å²) >= 11 is -0.905. The van der Waals surface area contributed by atoms with Gasteiger partial charge in [0.05, 0.1) is 11.1 Å². The Balaban J connectivity index is 1.98. The summed E-state index contributed by atoms with van der Waals surface area (Å²) in [5.74, 6) is 4.82. The predicted octanol–water partition coefficient (Wildman–Crippen LogP) is 5.71. The number of carbonyl (C=O) groups excluding carboxylic acids is 2. The van der Waals surface area contributed by atoms with Gasteiger partial charge in [-0.15, -0.1) is 5.06 Å². The SMILES string of the molecule is CCCC(C)CC#Cc1ccc2c3c(cccc13)C(=O)N(OSC(F)(F)F)C2=O. The van der Waals surface area contributed by atoms with Crippen molar-refractivity contribution in [1.82, 2.24) is 5.06 Å². The first-order chi connectivity index (χ1) is 13.7. The Morgan fingerprint density at radius 1 is 1.14 bits per heavy atom. The monoisotopic (exact) mass is 421 g/mol. The minimum absolute atomic E-state index is 0.0999. The second-order valence-corrected chi connectivity index (χ2v) is 7.58. The summed E-state index contributed by atoms with van der Waals surface area (Å²) in [6.07, 6.45) is 2.89. The average Bonchev–Trinajstić information content (AvgIpc) is 2.66. The lowest BCUT2D eigenvalue weighted by Crippen LogP contribution is -2.39. The molecule has 0 radical (unpaired) electrons. The van der Waals surface area contributed by atoms with Crippen LogP contribution in [0.15, 0.2) is 30.3 Å². The average molecular weight is 421 g/mol. The summed E-state index contributed by atoms with van der Waals surface area (Å²) in [5, 5.41) is 1.14. The van der Waals surface area contributed by atoms with E-state index in [1.165, 1.54) is 12.1 Å². The van der Waals surface area contributed by atoms with Gasteiger partial charge >= 0.3 is 5.51 Å². The van der Waals surface area contributed by atoms with E-state index in [9.17, 15) is 22.8 Å². The Morgan fingerprint density at radius 2 is 1.83 bits per heavy atom. The summed E-state index contributed by atoms with van der Waals surface area (Å²) in [6.45, 7) is 4.24. The lowest BCUT2D eigenvalue weighted by atomic mass is 9.92. The summed E-state index contributed by atoms with van der Waals surface area (Å²) in [5.41, 5.74) is -3.89. The second-order valence-electron chi connectivity index (χ2n) is 6.80. The number of hydrogen-bond acceptors (Lipinski definition) is 4. The van der Waals surface area contributed by atoms with E-state index in [-0.39, 0.29) is 16.2 Å². The van der Waals surface area contributed by atoms with Gasteiger partial charge in [-0.3, -0.25) is 9.59 Å². The van der Waals surface area contributed by atoms with Crippen molar-refractivity contribution in [2.75, 3.05) is 0 Å². The largest absolute Gasteiger partial charge is 0.470 e. The molecular formula is C21H18F3NO3S. The van der Waals surface area contributed by atoms with Crippen LogP contribution in [-0.4, -0.2) is 22.4 Å². The Morgan fingerprint density at radius 3 is 2.48 bits per heavy atom. The molecule has 0 bridgehead atoms. The summed E-state index contributed by atoms with van der Waals surface area (Å²) < 4.78 is 41.7. The molecule has 0 aromatic heterocycles. The molecule has 0 N–H and O–H groups in total. The van der Waals surface area contributed by atoms with E-state index in [0.29, 0.717) is 22.3 Å². The van der Waals surface area contributed by atoms with Crippen molar-refractivity contribution in [2.24, 2.45) is 5.92 Å². The van der Waals surface area contributed by atoms with Crippen LogP contribution in [0.5, 0.6) is 0 Å². The molecule has 1 unspecified atom stereocenters. The molecule has 4 nitrogen and oxygen atoms in total. The van der Waals surface area contributed by atoms with Gasteiger partial charge in [0.25, 0.3) is 11.8 Å². The fourth-order valence-corrected chi connectivity index (χ4v) is 3.54. The first kappa shape index (κ1) is 21.2. The van der Waals surface area contributed by atoms with Crippen LogP contribution in [0, 0.1) is 17.8 Å². The Hall–Kier alpha value is -2.50. The number of hydrogen-bond donors (Lipinski definition) is 0. The van der Waals surface area contributed by atoms with Gasteiger partial charge in [-0.05, 0) is 29.5 Å². The van der Waals surface area contributed by atoms with E-state index in [1.807, 2.05) is 0 Å². The quantitative estimate of drug-likeness (QED) is 0.352. The molecule has 2 aromatic carbocycles. The zero-order valence-electron chi connectivity index (χ0n) is 15.8. The van der Waals surface area contributed by atoms with Crippen molar-refractivity contribution in [1.29, 1.82) is 0 Å². The van der Waals surface area contributed by atoms with Crippen LogP contribution >= 0.6 is 12.0 Å². The number of alkyl halides is 3. The van der Waals surface area contributed by atoms with Crippen LogP contribution < -0.4 is 0 Å². The topological polar surface area (TPSA) is 46.6 Å². The zero-order chi connectivity index (χ0) is 21.2. The highest BCUT2D eigenvalue weighted by Crippen LogP contribution is 2.36. The maximum absolute atomic E-state index is 12.6. The van der Waals surface area contributed by atoms with Crippen molar-refractivity contribution in [3.05, 3.63) is 47.0 Å². The van der Waals surface area contributed by atoms with Crippen molar-refractivity contribution in [2.45, 2.75) is 38.6 Å².